The Morgan fingerprint density at radius 3 is 3.09 bits per heavy atom. The van der Waals surface area contributed by atoms with Crippen LogP contribution in [0.1, 0.15) is 0 Å². The van der Waals surface area contributed by atoms with E-state index in [-0.39, 0.29) is 0 Å². The van der Waals surface area contributed by atoms with Crippen LogP contribution in [0.25, 0.3) is 11.0 Å². The number of halogens is 1. The zero-order valence-electron chi connectivity index (χ0n) is 5.54. The molecule has 0 fully saturated rings. The number of fused-ring (bicyclic) bond motifs is 1. The van der Waals surface area contributed by atoms with Crippen molar-refractivity contribution in [2.45, 2.75) is 0 Å². The predicted octanol–water partition coefficient (Wildman–Crippen LogP) is 2.17. The van der Waals surface area contributed by atoms with Crippen molar-refractivity contribution in [3.63, 3.8) is 0 Å². The first kappa shape index (κ1) is 6.67. The van der Waals surface area contributed by atoms with Crippen molar-refractivity contribution < 1.29 is 4.52 Å². The highest BCUT2D eigenvalue weighted by Crippen LogP contribution is 2.28. The fraction of sp³-hybridized carbons (Fsp3) is 0. The average Bonchev–Trinajstić information content (AvgIpc) is 2.45. The van der Waals surface area contributed by atoms with Gasteiger partial charge >= 0.3 is 0 Å². The standard InChI is InChI=1S/C7H5BrN2O/c8-6-5(9)2-1-4-3-10-11-7(4)6/h1-3H,9H2. The number of nitrogens with zero attached hydrogens (tertiary/aromatic N) is 1. The number of aromatic nitrogens is 1. The second-order valence-electron chi connectivity index (χ2n) is 2.21. The van der Waals surface area contributed by atoms with Crippen molar-refractivity contribution in [3.05, 3.63) is 22.8 Å². The summed E-state index contributed by atoms with van der Waals surface area (Å²) in [5.74, 6) is 0. The Labute approximate surface area is 71.3 Å². The highest BCUT2D eigenvalue weighted by atomic mass is 79.9. The first-order valence-electron chi connectivity index (χ1n) is 3.07. The van der Waals surface area contributed by atoms with Crippen LogP contribution in [0.2, 0.25) is 0 Å². The van der Waals surface area contributed by atoms with Crippen LogP contribution in [0.5, 0.6) is 0 Å². The molecule has 0 aliphatic heterocycles. The van der Waals surface area contributed by atoms with Gasteiger partial charge in [0.1, 0.15) is 0 Å². The molecule has 0 aliphatic carbocycles. The summed E-state index contributed by atoms with van der Waals surface area (Å²) in [4.78, 5) is 0. The summed E-state index contributed by atoms with van der Waals surface area (Å²) in [5, 5.41) is 4.59. The molecule has 0 unspecified atom stereocenters. The van der Waals surface area contributed by atoms with Gasteiger partial charge in [0, 0.05) is 11.1 Å². The Bertz CT molecular complexity index is 396. The zero-order valence-corrected chi connectivity index (χ0v) is 7.13. The van der Waals surface area contributed by atoms with Gasteiger partial charge in [-0.05, 0) is 28.1 Å². The smallest absolute Gasteiger partial charge is 0.183 e. The molecule has 0 atom stereocenters. The molecule has 11 heavy (non-hydrogen) atoms. The van der Waals surface area contributed by atoms with Crippen molar-refractivity contribution in [2.24, 2.45) is 0 Å². The van der Waals surface area contributed by atoms with Gasteiger partial charge in [0.15, 0.2) is 5.58 Å². The van der Waals surface area contributed by atoms with E-state index in [9.17, 15) is 0 Å². The van der Waals surface area contributed by atoms with Crippen LogP contribution >= 0.6 is 15.9 Å². The molecular weight excluding hydrogens is 208 g/mol. The van der Waals surface area contributed by atoms with E-state index in [2.05, 4.69) is 21.1 Å². The first-order valence-corrected chi connectivity index (χ1v) is 3.86. The fourth-order valence-corrected chi connectivity index (χ4v) is 1.35. The molecule has 0 radical (unpaired) electrons. The average molecular weight is 213 g/mol. The molecule has 56 valence electrons. The summed E-state index contributed by atoms with van der Waals surface area (Å²) in [6.45, 7) is 0. The van der Waals surface area contributed by atoms with Gasteiger partial charge < -0.3 is 10.3 Å². The van der Waals surface area contributed by atoms with Crippen molar-refractivity contribution in [2.75, 3.05) is 5.73 Å². The van der Waals surface area contributed by atoms with Gasteiger partial charge in [-0.2, -0.15) is 0 Å². The largest absolute Gasteiger partial charge is 0.398 e. The quantitative estimate of drug-likeness (QED) is 0.682. The van der Waals surface area contributed by atoms with Gasteiger partial charge in [-0.1, -0.05) is 5.16 Å². The number of rotatable bonds is 0. The molecule has 1 aromatic heterocycles. The third-order valence-electron chi connectivity index (χ3n) is 1.49. The maximum Gasteiger partial charge on any atom is 0.183 e. The third kappa shape index (κ3) is 0.903. The molecule has 2 N–H and O–H groups in total. The minimum absolute atomic E-state index is 0.661. The summed E-state index contributed by atoms with van der Waals surface area (Å²) in [7, 11) is 0. The SMILES string of the molecule is Nc1ccc2cnoc2c1Br. The maximum atomic E-state index is 5.61. The highest BCUT2D eigenvalue weighted by Gasteiger charge is 2.05. The molecule has 0 amide bonds. The second kappa shape index (κ2) is 2.23. The topological polar surface area (TPSA) is 52.0 Å². The van der Waals surface area contributed by atoms with E-state index in [0.717, 1.165) is 9.86 Å². The lowest BCUT2D eigenvalue weighted by Crippen LogP contribution is -1.84. The molecule has 3 nitrogen and oxygen atoms in total. The lowest BCUT2D eigenvalue weighted by Gasteiger charge is -1.94. The Hall–Kier alpha value is -1.03. The van der Waals surface area contributed by atoms with Crippen molar-refractivity contribution in [3.8, 4) is 0 Å². The van der Waals surface area contributed by atoms with E-state index in [0.29, 0.717) is 11.3 Å². The van der Waals surface area contributed by atoms with Crippen molar-refractivity contribution in [1.29, 1.82) is 0 Å². The molecule has 0 bridgehead atoms. The molecule has 1 heterocycles. The summed E-state index contributed by atoms with van der Waals surface area (Å²) < 4.78 is 5.72. The Morgan fingerprint density at radius 2 is 2.27 bits per heavy atom. The molecule has 4 heteroatoms. The molecule has 0 saturated heterocycles. The molecule has 0 aliphatic rings. The summed E-state index contributed by atoms with van der Waals surface area (Å²) in [6, 6.07) is 3.68. The molecule has 2 aromatic rings. The van der Waals surface area contributed by atoms with Crippen LogP contribution in [-0.2, 0) is 0 Å². The monoisotopic (exact) mass is 212 g/mol. The van der Waals surface area contributed by atoms with Crippen LogP contribution in [0.15, 0.2) is 27.3 Å². The van der Waals surface area contributed by atoms with Gasteiger partial charge in [-0.25, -0.2) is 0 Å². The molecule has 1 aromatic carbocycles. The fourth-order valence-electron chi connectivity index (χ4n) is 0.917. The minimum Gasteiger partial charge on any atom is -0.398 e. The molecule has 0 spiro atoms. The number of anilines is 1. The van der Waals surface area contributed by atoms with E-state index in [4.69, 9.17) is 10.3 Å². The normalized spacial score (nSPS) is 10.6. The van der Waals surface area contributed by atoms with Gasteiger partial charge in [0.2, 0.25) is 0 Å². The van der Waals surface area contributed by atoms with E-state index < -0.39 is 0 Å². The van der Waals surface area contributed by atoms with Crippen LogP contribution in [0.3, 0.4) is 0 Å². The Kier molecular flexibility index (Phi) is 1.35. The van der Waals surface area contributed by atoms with E-state index >= 15 is 0 Å². The van der Waals surface area contributed by atoms with Gasteiger partial charge in [0.05, 0.1) is 10.7 Å². The predicted molar refractivity (Wildman–Crippen MR) is 46.1 cm³/mol. The van der Waals surface area contributed by atoms with Gasteiger partial charge in [0.25, 0.3) is 0 Å². The van der Waals surface area contributed by atoms with Crippen molar-refractivity contribution >= 4 is 32.6 Å². The first-order chi connectivity index (χ1) is 5.29. The second-order valence-corrected chi connectivity index (χ2v) is 3.01. The number of hydrogen-bond acceptors (Lipinski definition) is 3. The molecule has 2 rings (SSSR count). The molecule has 0 saturated carbocycles. The summed E-state index contributed by atoms with van der Waals surface area (Å²) in [5.41, 5.74) is 6.97. The number of nitrogen functional groups attached to an aromatic ring is 1. The van der Waals surface area contributed by atoms with Crippen LogP contribution in [0.4, 0.5) is 5.69 Å². The lowest BCUT2D eigenvalue weighted by molar-refractivity contribution is 0.455. The summed E-state index contributed by atoms with van der Waals surface area (Å²) in [6.07, 6.45) is 1.65. The Balaban J connectivity index is 2.93. The third-order valence-corrected chi connectivity index (χ3v) is 2.31. The maximum absolute atomic E-state index is 5.61. The minimum atomic E-state index is 0.661. The number of nitrogens with two attached hydrogens (primary N) is 1. The lowest BCUT2D eigenvalue weighted by atomic mass is 10.2. The molecular formula is C7H5BrN2O. The Morgan fingerprint density at radius 1 is 1.45 bits per heavy atom. The van der Waals surface area contributed by atoms with Crippen LogP contribution in [-0.4, -0.2) is 5.16 Å². The van der Waals surface area contributed by atoms with Crippen LogP contribution in [0, 0.1) is 0 Å². The zero-order chi connectivity index (χ0) is 7.84. The van der Waals surface area contributed by atoms with Gasteiger partial charge in [-0.3, -0.25) is 0 Å². The van der Waals surface area contributed by atoms with E-state index in [1.54, 1.807) is 6.20 Å². The van der Waals surface area contributed by atoms with Crippen molar-refractivity contribution in [1.82, 2.24) is 5.16 Å². The number of hydrogen-bond donors (Lipinski definition) is 1. The van der Waals surface area contributed by atoms with E-state index in [1.165, 1.54) is 0 Å². The van der Waals surface area contributed by atoms with Crippen LogP contribution < -0.4 is 5.73 Å². The van der Waals surface area contributed by atoms with E-state index in [1.807, 2.05) is 12.1 Å². The summed E-state index contributed by atoms with van der Waals surface area (Å²) >= 11 is 3.30. The number of benzene rings is 1. The highest BCUT2D eigenvalue weighted by molar-refractivity contribution is 9.10. The van der Waals surface area contributed by atoms with Gasteiger partial charge in [-0.15, -0.1) is 0 Å².